The maximum absolute atomic E-state index is 12.4. The molecule has 8 heteroatoms. The first-order valence-corrected chi connectivity index (χ1v) is 7.70. The van der Waals surface area contributed by atoms with Gasteiger partial charge in [-0.1, -0.05) is 0 Å². The first-order valence-electron chi connectivity index (χ1n) is 7.70. The molecule has 1 aromatic carbocycles. The van der Waals surface area contributed by atoms with Crippen LogP contribution in [0.25, 0.3) is 0 Å². The molecule has 1 unspecified atom stereocenters. The number of halogens is 3. The summed E-state index contributed by atoms with van der Waals surface area (Å²) in [7, 11) is 0. The number of hydrogen-bond acceptors (Lipinski definition) is 3. The highest BCUT2D eigenvalue weighted by Crippen LogP contribution is 2.29. The lowest BCUT2D eigenvalue weighted by molar-refractivity contribution is -0.137. The van der Waals surface area contributed by atoms with Crippen molar-refractivity contribution >= 4 is 11.8 Å². The van der Waals surface area contributed by atoms with Gasteiger partial charge in [-0.3, -0.25) is 9.59 Å². The highest BCUT2D eigenvalue weighted by Gasteiger charge is 2.30. The zero-order valence-corrected chi connectivity index (χ0v) is 13.0. The fourth-order valence-electron chi connectivity index (χ4n) is 2.38. The van der Waals surface area contributed by atoms with Crippen LogP contribution in [0, 0.1) is 0 Å². The first-order chi connectivity index (χ1) is 11.4. The maximum Gasteiger partial charge on any atom is 0.416 e. The predicted octanol–water partition coefficient (Wildman–Crippen LogP) is 2.12. The molecule has 1 aliphatic heterocycles. The van der Waals surface area contributed by atoms with E-state index in [0.29, 0.717) is 6.54 Å². The monoisotopic (exact) mass is 344 g/mol. The van der Waals surface area contributed by atoms with Crippen LogP contribution in [0.2, 0.25) is 0 Å². The van der Waals surface area contributed by atoms with Crippen LogP contribution >= 0.6 is 0 Å². The topological polar surface area (TPSA) is 67.4 Å². The summed E-state index contributed by atoms with van der Waals surface area (Å²) in [6.07, 6.45) is -1.54. The fourth-order valence-corrected chi connectivity index (χ4v) is 2.38. The van der Waals surface area contributed by atoms with Crippen molar-refractivity contribution in [2.75, 3.05) is 19.7 Å². The van der Waals surface area contributed by atoms with Crippen LogP contribution in [0.15, 0.2) is 24.3 Å². The Morgan fingerprint density at radius 1 is 1.17 bits per heavy atom. The summed E-state index contributed by atoms with van der Waals surface area (Å²) in [5.74, 6) is -0.953. The SMILES string of the molecule is O=C(CNC(=O)c1ccc(C(F)(F)F)cc1)NCCC1CCCO1. The number of rotatable bonds is 6. The second-order valence-corrected chi connectivity index (χ2v) is 5.53. The van der Waals surface area contributed by atoms with Gasteiger partial charge in [-0.2, -0.15) is 13.2 Å². The lowest BCUT2D eigenvalue weighted by Crippen LogP contribution is -2.37. The molecule has 2 amide bonds. The molecule has 0 aromatic heterocycles. The molecule has 1 aromatic rings. The average molecular weight is 344 g/mol. The summed E-state index contributed by atoms with van der Waals surface area (Å²) in [6.45, 7) is 0.979. The minimum atomic E-state index is -4.45. The number of nitrogens with one attached hydrogen (secondary N) is 2. The van der Waals surface area contributed by atoms with E-state index in [4.69, 9.17) is 4.74 Å². The van der Waals surface area contributed by atoms with Crippen molar-refractivity contribution in [1.82, 2.24) is 10.6 Å². The van der Waals surface area contributed by atoms with E-state index in [1.165, 1.54) is 0 Å². The molecule has 2 N–H and O–H groups in total. The van der Waals surface area contributed by atoms with E-state index < -0.39 is 17.6 Å². The third-order valence-electron chi connectivity index (χ3n) is 3.70. The number of alkyl halides is 3. The van der Waals surface area contributed by atoms with Gasteiger partial charge < -0.3 is 15.4 Å². The molecule has 0 saturated carbocycles. The lowest BCUT2D eigenvalue weighted by atomic mass is 10.1. The smallest absolute Gasteiger partial charge is 0.378 e. The number of carbonyl (C=O) groups excluding carboxylic acids is 2. The Morgan fingerprint density at radius 2 is 1.88 bits per heavy atom. The second-order valence-electron chi connectivity index (χ2n) is 5.53. The van der Waals surface area contributed by atoms with Crippen molar-refractivity contribution in [3.63, 3.8) is 0 Å². The maximum atomic E-state index is 12.4. The molecule has 1 fully saturated rings. The largest absolute Gasteiger partial charge is 0.416 e. The van der Waals surface area contributed by atoms with Crippen molar-refractivity contribution < 1.29 is 27.5 Å². The van der Waals surface area contributed by atoms with E-state index in [1.807, 2.05) is 0 Å². The predicted molar refractivity (Wildman–Crippen MR) is 80.4 cm³/mol. The van der Waals surface area contributed by atoms with Gasteiger partial charge in [0.05, 0.1) is 18.2 Å². The quantitative estimate of drug-likeness (QED) is 0.831. The van der Waals surface area contributed by atoms with Crippen LogP contribution in [-0.4, -0.2) is 37.6 Å². The Kier molecular flexibility index (Phi) is 6.19. The second kappa shape index (κ2) is 8.14. The number of ether oxygens (including phenoxy) is 1. The molecule has 1 aliphatic rings. The van der Waals surface area contributed by atoms with E-state index in [1.54, 1.807) is 0 Å². The Morgan fingerprint density at radius 3 is 2.46 bits per heavy atom. The molecule has 1 saturated heterocycles. The number of hydrogen-bond donors (Lipinski definition) is 2. The zero-order chi connectivity index (χ0) is 17.6. The summed E-state index contributed by atoms with van der Waals surface area (Å²) < 4.78 is 42.8. The molecule has 2 rings (SSSR count). The highest BCUT2D eigenvalue weighted by atomic mass is 19.4. The van der Waals surface area contributed by atoms with Crippen molar-refractivity contribution in [3.05, 3.63) is 35.4 Å². The lowest BCUT2D eigenvalue weighted by Gasteiger charge is -2.11. The van der Waals surface area contributed by atoms with Crippen molar-refractivity contribution in [1.29, 1.82) is 0 Å². The van der Waals surface area contributed by atoms with Crippen LogP contribution in [-0.2, 0) is 15.7 Å². The molecule has 24 heavy (non-hydrogen) atoms. The summed E-state index contributed by atoms with van der Waals surface area (Å²) in [5, 5.41) is 5.03. The van der Waals surface area contributed by atoms with Crippen LogP contribution in [0.1, 0.15) is 35.2 Å². The normalized spacial score (nSPS) is 17.5. The van der Waals surface area contributed by atoms with Crippen molar-refractivity contribution in [2.24, 2.45) is 0 Å². The van der Waals surface area contributed by atoms with Gasteiger partial charge in [0.25, 0.3) is 5.91 Å². The zero-order valence-electron chi connectivity index (χ0n) is 13.0. The van der Waals surface area contributed by atoms with Gasteiger partial charge in [0.15, 0.2) is 0 Å². The van der Waals surface area contributed by atoms with E-state index in [2.05, 4.69) is 10.6 Å². The van der Waals surface area contributed by atoms with E-state index in [-0.39, 0.29) is 24.1 Å². The summed E-state index contributed by atoms with van der Waals surface area (Å²) in [6, 6.07) is 3.81. The van der Waals surface area contributed by atoms with E-state index >= 15 is 0 Å². The highest BCUT2D eigenvalue weighted by molar-refractivity contribution is 5.96. The third kappa shape index (κ3) is 5.52. The molecular weight excluding hydrogens is 325 g/mol. The number of benzene rings is 1. The average Bonchev–Trinajstić information content (AvgIpc) is 3.05. The molecule has 132 valence electrons. The molecule has 1 atom stereocenters. The standard InChI is InChI=1S/C16H19F3N2O3/c17-16(18,19)12-5-3-11(4-6-12)15(23)21-10-14(22)20-8-7-13-2-1-9-24-13/h3-6,13H,1-2,7-10H2,(H,20,22)(H,21,23). The van der Waals surface area contributed by atoms with E-state index in [0.717, 1.165) is 50.1 Å². The minimum absolute atomic E-state index is 0.0650. The van der Waals surface area contributed by atoms with Gasteiger partial charge in [-0.05, 0) is 43.5 Å². The summed E-state index contributed by atoms with van der Waals surface area (Å²) >= 11 is 0. The van der Waals surface area contributed by atoms with Crippen LogP contribution < -0.4 is 10.6 Å². The molecule has 5 nitrogen and oxygen atoms in total. The number of carbonyl (C=O) groups is 2. The van der Waals surface area contributed by atoms with Gasteiger partial charge in [0, 0.05) is 18.7 Å². The summed E-state index contributed by atoms with van der Waals surface area (Å²) in [4.78, 5) is 23.4. The van der Waals surface area contributed by atoms with Gasteiger partial charge in [0.2, 0.25) is 5.91 Å². The van der Waals surface area contributed by atoms with E-state index in [9.17, 15) is 22.8 Å². The summed E-state index contributed by atoms with van der Waals surface area (Å²) in [5.41, 5.74) is -0.763. The molecular formula is C16H19F3N2O3. The Balaban J connectivity index is 1.70. The fraction of sp³-hybridized carbons (Fsp3) is 0.500. The van der Waals surface area contributed by atoms with Crippen molar-refractivity contribution in [3.8, 4) is 0 Å². The Hall–Kier alpha value is -2.09. The third-order valence-corrected chi connectivity index (χ3v) is 3.70. The first kappa shape index (κ1) is 18.3. The van der Waals surface area contributed by atoms with Crippen LogP contribution in [0.5, 0.6) is 0 Å². The minimum Gasteiger partial charge on any atom is -0.378 e. The Labute approximate surface area is 137 Å². The number of amides is 2. The van der Waals surface area contributed by atoms with Gasteiger partial charge in [0.1, 0.15) is 0 Å². The Bertz CT molecular complexity index is 567. The van der Waals surface area contributed by atoms with Gasteiger partial charge in [-0.25, -0.2) is 0 Å². The van der Waals surface area contributed by atoms with Crippen LogP contribution in [0.4, 0.5) is 13.2 Å². The van der Waals surface area contributed by atoms with Gasteiger partial charge >= 0.3 is 6.18 Å². The molecule has 0 radical (unpaired) electrons. The molecule has 1 heterocycles. The molecule has 0 bridgehead atoms. The molecule has 0 aliphatic carbocycles. The van der Waals surface area contributed by atoms with Crippen LogP contribution in [0.3, 0.4) is 0 Å². The molecule has 0 spiro atoms. The van der Waals surface area contributed by atoms with Gasteiger partial charge in [-0.15, -0.1) is 0 Å². The van der Waals surface area contributed by atoms with Crippen molar-refractivity contribution in [2.45, 2.75) is 31.5 Å².